The van der Waals surface area contributed by atoms with E-state index in [1.54, 1.807) is 17.0 Å². The maximum absolute atomic E-state index is 13.1. The summed E-state index contributed by atoms with van der Waals surface area (Å²) in [5, 5.41) is 5.21. The van der Waals surface area contributed by atoms with E-state index in [9.17, 15) is 4.79 Å². The van der Waals surface area contributed by atoms with Crippen LogP contribution in [0.1, 0.15) is 23.3 Å². The van der Waals surface area contributed by atoms with Crippen LogP contribution < -0.4 is 0 Å². The van der Waals surface area contributed by atoms with Crippen LogP contribution in [0, 0.1) is 0 Å². The molecule has 0 aliphatic carbocycles. The summed E-state index contributed by atoms with van der Waals surface area (Å²) in [5.74, 6) is 0.601. The van der Waals surface area contributed by atoms with Gasteiger partial charge >= 0.3 is 0 Å². The molecule has 1 fully saturated rings. The summed E-state index contributed by atoms with van der Waals surface area (Å²) in [6.45, 7) is 1.48. The fraction of sp³-hybridized carbons (Fsp3) is 0.333. The molecule has 0 atom stereocenters. The van der Waals surface area contributed by atoms with Crippen molar-refractivity contribution in [1.82, 2.24) is 19.6 Å². The van der Waals surface area contributed by atoms with E-state index in [4.69, 9.17) is 16.0 Å². The van der Waals surface area contributed by atoms with Gasteiger partial charge in [-0.2, -0.15) is 5.10 Å². The van der Waals surface area contributed by atoms with Crippen molar-refractivity contribution in [2.75, 3.05) is 27.2 Å². The highest BCUT2D eigenvalue weighted by atomic mass is 35.5. The Morgan fingerprint density at radius 2 is 1.96 bits per heavy atom. The summed E-state index contributed by atoms with van der Waals surface area (Å²) in [6.07, 6.45) is 3.55. The molecular formula is C21H23ClN4O2. The van der Waals surface area contributed by atoms with Crippen LogP contribution in [0.4, 0.5) is 0 Å². The van der Waals surface area contributed by atoms with E-state index in [0.29, 0.717) is 22.5 Å². The first-order chi connectivity index (χ1) is 13.5. The summed E-state index contributed by atoms with van der Waals surface area (Å²) in [7, 11) is 4.18. The number of furan rings is 1. The van der Waals surface area contributed by atoms with Crippen LogP contribution in [-0.2, 0) is 0 Å². The normalized spacial score (nSPS) is 15.4. The number of carbonyl (C=O) groups excluding carboxylic acids is 1. The molecule has 3 heterocycles. The van der Waals surface area contributed by atoms with Gasteiger partial charge in [0.2, 0.25) is 0 Å². The zero-order valence-corrected chi connectivity index (χ0v) is 16.8. The Morgan fingerprint density at radius 1 is 1.18 bits per heavy atom. The van der Waals surface area contributed by atoms with Crippen molar-refractivity contribution < 1.29 is 9.21 Å². The van der Waals surface area contributed by atoms with Crippen LogP contribution in [0.5, 0.6) is 0 Å². The summed E-state index contributed by atoms with van der Waals surface area (Å²) in [4.78, 5) is 17.2. The van der Waals surface area contributed by atoms with Crippen molar-refractivity contribution in [1.29, 1.82) is 0 Å². The first-order valence-corrected chi connectivity index (χ1v) is 9.76. The molecule has 4 rings (SSSR count). The Kier molecular flexibility index (Phi) is 5.24. The molecule has 0 N–H and O–H groups in total. The van der Waals surface area contributed by atoms with Crippen molar-refractivity contribution in [2.45, 2.75) is 18.9 Å². The Balaban J connectivity index is 1.65. The van der Waals surface area contributed by atoms with E-state index in [-0.39, 0.29) is 5.91 Å². The summed E-state index contributed by atoms with van der Waals surface area (Å²) in [6, 6.07) is 13.4. The third-order valence-electron chi connectivity index (χ3n) is 5.24. The smallest absolute Gasteiger partial charge is 0.274 e. The van der Waals surface area contributed by atoms with Gasteiger partial charge in [0.15, 0.2) is 11.5 Å². The van der Waals surface area contributed by atoms with Crippen LogP contribution in [-0.4, -0.2) is 58.7 Å². The molecule has 1 saturated heterocycles. The Labute approximate surface area is 169 Å². The molecular weight excluding hydrogens is 376 g/mol. The lowest BCUT2D eigenvalue weighted by Gasteiger charge is -2.34. The minimum absolute atomic E-state index is 0.0502. The van der Waals surface area contributed by atoms with Crippen LogP contribution in [0.2, 0.25) is 5.02 Å². The van der Waals surface area contributed by atoms with Gasteiger partial charge in [-0.25, -0.2) is 4.68 Å². The molecule has 1 amide bonds. The van der Waals surface area contributed by atoms with Crippen molar-refractivity contribution in [2.24, 2.45) is 0 Å². The molecule has 7 heteroatoms. The molecule has 0 unspecified atom stereocenters. The zero-order chi connectivity index (χ0) is 19.7. The zero-order valence-electron chi connectivity index (χ0n) is 16.0. The first-order valence-electron chi connectivity index (χ1n) is 9.38. The predicted octanol–water partition coefficient (Wildman–Crippen LogP) is 3.95. The largest absolute Gasteiger partial charge is 0.463 e. The number of hydrogen-bond acceptors (Lipinski definition) is 4. The predicted molar refractivity (Wildman–Crippen MR) is 109 cm³/mol. The second-order valence-electron chi connectivity index (χ2n) is 7.27. The number of rotatable bonds is 4. The Hall–Kier alpha value is -2.57. The number of amides is 1. The van der Waals surface area contributed by atoms with Gasteiger partial charge in [0.1, 0.15) is 5.69 Å². The second-order valence-corrected chi connectivity index (χ2v) is 7.71. The summed E-state index contributed by atoms with van der Waals surface area (Å²) >= 11 is 6.16. The fourth-order valence-electron chi connectivity index (χ4n) is 3.64. The number of nitrogens with zero attached hydrogens (tertiary/aromatic N) is 4. The topological polar surface area (TPSA) is 54.5 Å². The number of aromatic nitrogens is 2. The van der Waals surface area contributed by atoms with Crippen molar-refractivity contribution in [3.8, 4) is 17.1 Å². The third-order valence-corrected chi connectivity index (χ3v) is 5.47. The molecule has 0 bridgehead atoms. The van der Waals surface area contributed by atoms with Crippen molar-refractivity contribution in [3.63, 3.8) is 0 Å². The van der Waals surface area contributed by atoms with Crippen LogP contribution in [0.15, 0.2) is 53.1 Å². The van der Waals surface area contributed by atoms with E-state index in [2.05, 4.69) is 24.1 Å². The Morgan fingerprint density at radius 3 is 2.61 bits per heavy atom. The van der Waals surface area contributed by atoms with Crippen molar-refractivity contribution in [3.05, 3.63) is 59.4 Å². The van der Waals surface area contributed by atoms with Crippen molar-refractivity contribution >= 4 is 17.5 Å². The number of carbonyl (C=O) groups is 1. The SMILES string of the molecule is CN(C)C1CCN(C(=O)c2cc(-c3ccco3)n(-c3cccc(Cl)c3)n2)CC1. The van der Waals surface area contributed by atoms with Gasteiger partial charge in [-0.05, 0) is 57.3 Å². The standard InChI is InChI=1S/C21H23ClN4O2/c1-24(2)16-8-10-25(11-9-16)21(27)18-14-19(20-7-4-12-28-20)26(23-18)17-6-3-5-15(22)13-17/h3-7,12-14,16H,8-11H2,1-2H3. The Bertz CT molecular complexity index is 957. The highest BCUT2D eigenvalue weighted by Gasteiger charge is 2.27. The van der Waals surface area contributed by atoms with Gasteiger partial charge in [-0.15, -0.1) is 0 Å². The quantitative estimate of drug-likeness (QED) is 0.667. The molecule has 0 saturated carbocycles. The molecule has 146 valence electrons. The molecule has 6 nitrogen and oxygen atoms in total. The van der Waals surface area contributed by atoms with Crippen LogP contribution >= 0.6 is 11.6 Å². The maximum Gasteiger partial charge on any atom is 0.274 e. The van der Waals surface area contributed by atoms with Gasteiger partial charge in [-0.1, -0.05) is 17.7 Å². The van der Waals surface area contributed by atoms with Gasteiger partial charge < -0.3 is 14.2 Å². The highest BCUT2D eigenvalue weighted by Crippen LogP contribution is 2.27. The van der Waals surface area contributed by atoms with Crippen LogP contribution in [0.3, 0.4) is 0 Å². The molecule has 1 aliphatic heterocycles. The van der Waals surface area contributed by atoms with Gasteiger partial charge in [0.25, 0.3) is 5.91 Å². The van der Waals surface area contributed by atoms with Crippen LogP contribution in [0.25, 0.3) is 17.1 Å². The molecule has 3 aromatic rings. The lowest BCUT2D eigenvalue weighted by atomic mass is 10.0. The van der Waals surface area contributed by atoms with Gasteiger partial charge in [-0.3, -0.25) is 4.79 Å². The van der Waals surface area contributed by atoms with E-state index in [1.807, 2.05) is 41.3 Å². The summed E-state index contributed by atoms with van der Waals surface area (Å²) in [5.41, 5.74) is 1.91. The average molecular weight is 399 g/mol. The number of halogens is 1. The van der Waals surface area contributed by atoms with E-state index in [0.717, 1.165) is 37.3 Å². The molecule has 28 heavy (non-hydrogen) atoms. The average Bonchev–Trinajstić information content (AvgIpc) is 3.37. The van der Waals surface area contributed by atoms with E-state index < -0.39 is 0 Å². The highest BCUT2D eigenvalue weighted by molar-refractivity contribution is 6.30. The third kappa shape index (κ3) is 3.70. The second kappa shape index (κ2) is 7.81. The van der Waals surface area contributed by atoms with E-state index >= 15 is 0 Å². The summed E-state index contributed by atoms with van der Waals surface area (Å²) < 4.78 is 7.28. The molecule has 1 aliphatic rings. The minimum atomic E-state index is -0.0502. The monoisotopic (exact) mass is 398 g/mol. The first kappa shape index (κ1) is 18.8. The van der Waals surface area contributed by atoms with E-state index in [1.165, 1.54) is 0 Å². The maximum atomic E-state index is 13.1. The lowest BCUT2D eigenvalue weighted by molar-refractivity contribution is 0.0657. The number of benzene rings is 1. The molecule has 1 aromatic carbocycles. The number of piperidine rings is 1. The fourth-order valence-corrected chi connectivity index (χ4v) is 3.82. The molecule has 0 radical (unpaired) electrons. The molecule has 2 aromatic heterocycles. The van der Waals surface area contributed by atoms with Gasteiger partial charge in [0, 0.05) is 30.2 Å². The minimum Gasteiger partial charge on any atom is -0.463 e. The molecule has 0 spiro atoms. The lowest BCUT2D eigenvalue weighted by Crippen LogP contribution is -2.44. The van der Waals surface area contributed by atoms with Gasteiger partial charge in [0.05, 0.1) is 12.0 Å². The number of likely N-dealkylation sites (tertiary alicyclic amines) is 1. The number of hydrogen-bond donors (Lipinski definition) is 0.